The average molecular weight is 437 g/mol. The van der Waals surface area contributed by atoms with E-state index in [1.807, 2.05) is 41.8 Å². The SMILES string of the molecule is O=C(Cc1cccc(OCCCN2CCCCC2)c1)Nc1nc(-c2ccncc2)cs1. The Bertz CT molecular complexity index is 970. The first kappa shape index (κ1) is 21.5. The van der Waals surface area contributed by atoms with Crippen LogP contribution < -0.4 is 10.1 Å². The molecule has 3 aromatic rings. The number of benzene rings is 1. The second kappa shape index (κ2) is 11.0. The van der Waals surface area contributed by atoms with Crippen LogP contribution in [-0.4, -0.2) is 47.0 Å². The van der Waals surface area contributed by atoms with Crippen molar-refractivity contribution in [3.63, 3.8) is 0 Å². The number of hydrogen-bond donors (Lipinski definition) is 1. The molecule has 0 unspecified atom stereocenters. The third-order valence-corrected chi connectivity index (χ3v) is 6.08. The smallest absolute Gasteiger partial charge is 0.230 e. The number of amides is 1. The van der Waals surface area contributed by atoms with Crippen LogP contribution in [0.3, 0.4) is 0 Å². The number of anilines is 1. The van der Waals surface area contributed by atoms with Crippen molar-refractivity contribution in [3.8, 4) is 17.0 Å². The monoisotopic (exact) mass is 436 g/mol. The van der Waals surface area contributed by atoms with Gasteiger partial charge in [0, 0.05) is 29.9 Å². The maximum absolute atomic E-state index is 12.5. The normalized spacial score (nSPS) is 14.3. The molecule has 0 atom stereocenters. The van der Waals surface area contributed by atoms with Crippen molar-refractivity contribution in [2.75, 3.05) is 31.6 Å². The molecule has 7 heteroatoms. The van der Waals surface area contributed by atoms with E-state index in [9.17, 15) is 4.79 Å². The number of aromatic nitrogens is 2. The van der Waals surface area contributed by atoms with Crippen LogP contribution in [0.15, 0.2) is 54.2 Å². The molecule has 1 aliphatic rings. The summed E-state index contributed by atoms with van der Waals surface area (Å²) in [6, 6.07) is 11.6. The van der Waals surface area contributed by atoms with Crippen molar-refractivity contribution in [1.82, 2.24) is 14.9 Å². The lowest BCUT2D eigenvalue weighted by atomic mass is 10.1. The van der Waals surface area contributed by atoms with Gasteiger partial charge in [-0.05, 0) is 62.2 Å². The van der Waals surface area contributed by atoms with E-state index in [0.29, 0.717) is 11.7 Å². The van der Waals surface area contributed by atoms with Gasteiger partial charge in [-0.2, -0.15) is 0 Å². The summed E-state index contributed by atoms with van der Waals surface area (Å²) in [4.78, 5) is 23.5. The summed E-state index contributed by atoms with van der Waals surface area (Å²) in [5.41, 5.74) is 2.75. The van der Waals surface area contributed by atoms with E-state index in [1.165, 1.54) is 43.7 Å². The van der Waals surface area contributed by atoms with Gasteiger partial charge >= 0.3 is 0 Å². The van der Waals surface area contributed by atoms with Crippen LogP contribution in [0.25, 0.3) is 11.3 Å². The summed E-state index contributed by atoms with van der Waals surface area (Å²) < 4.78 is 5.92. The van der Waals surface area contributed by atoms with Crippen molar-refractivity contribution in [2.24, 2.45) is 0 Å². The fraction of sp³-hybridized carbons (Fsp3) is 0.375. The minimum atomic E-state index is -0.0853. The van der Waals surface area contributed by atoms with Crippen molar-refractivity contribution in [2.45, 2.75) is 32.1 Å². The van der Waals surface area contributed by atoms with Crippen molar-refractivity contribution in [3.05, 3.63) is 59.7 Å². The number of pyridine rings is 1. The lowest BCUT2D eigenvalue weighted by molar-refractivity contribution is -0.115. The third kappa shape index (κ3) is 6.60. The lowest BCUT2D eigenvalue weighted by Crippen LogP contribution is -2.31. The molecule has 0 bridgehead atoms. The molecule has 1 aliphatic heterocycles. The fourth-order valence-electron chi connectivity index (χ4n) is 3.74. The highest BCUT2D eigenvalue weighted by molar-refractivity contribution is 7.14. The van der Waals surface area contributed by atoms with Crippen LogP contribution in [0, 0.1) is 0 Å². The van der Waals surface area contributed by atoms with Gasteiger partial charge in [0.25, 0.3) is 0 Å². The van der Waals surface area contributed by atoms with E-state index >= 15 is 0 Å². The van der Waals surface area contributed by atoms with Gasteiger partial charge in [-0.1, -0.05) is 18.6 Å². The minimum absolute atomic E-state index is 0.0853. The molecule has 4 rings (SSSR count). The highest BCUT2D eigenvalue weighted by Gasteiger charge is 2.11. The van der Waals surface area contributed by atoms with Crippen molar-refractivity contribution in [1.29, 1.82) is 0 Å². The Morgan fingerprint density at radius 2 is 1.97 bits per heavy atom. The van der Waals surface area contributed by atoms with E-state index in [-0.39, 0.29) is 12.3 Å². The van der Waals surface area contributed by atoms with Gasteiger partial charge in [0.1, 0.15) is 5.75 Å². The van der Waals surface area contributed by atoms with Crippen molar-refractivity contribution < 1.29 is 9.53 Å². The van der Waals surface area contributed by atoms with Crippen LogP contribution in [0.4, 0.5) is 5.13 Å². The number of carbonyl (C=O) groups is 1. The first-order valence-corrected chi connectivity index (χ1v) is 11.7. The molecule has 31 heavy (non-hydrogen) atoms. The zero-order chi connectivity index (χ0) is 21.3. The maximum Gasteiger partial charge on any atom is 0.230 e. The molecule has 2 aromatic heterocycles. The molecule has 3 heterocycles. The maximum atomic E-state index is 12.5. The van der Waals surface area contributed by atoms with E-state index in [2.05, 4.69) is 20.2 Å². The van der Waals surface area contributed by atoms with Crippen molar-refractivity contribution >= 4 is 22.4 Å². The number of rotatable bonds is 9. The molecule has 0 saturated carbocycles. The molecule has 1 amide bonds. The molecular formula is C24H28N4O2S. The molecule has 6 nitrogen and oxygen atoms in total. The number of thiazole rings is 1. The highest BCUT2D eigenvalue weighted by atomic mass is 32.1. The number of ether oxygens (including phenoxy) is 1. The quantitative estimate of drug-likeness (QED) is 0.495. The summed E-state index contributed by atoms with van der Waals surface area (Å²) in [6.07, 6.45) is 8.77. The average Bonchev–Trinajstić information content (AvgIpc) is 3.27. The summed E-state index contributed by atoms with van der Waals surface area (Å²) in [6.45, 7) is 4.22. The molecule has 0 spiro atoms. The van der Waals surface area contributed by atoms with Gasteiger partial charge in [0.2, 0.25) is 5.91 Å². The summed E-state index contributed by atoms with van der Waals surface area (Å²) in [7, 11) is 0. The highest BCUT2D eigenvalue weighted by Crippen LogP contribution is 2.24. The zero-order valence-corrected chi connectivity index (χ0v) is 18.4. The molecule has 1 fully saturated rings. The number of nitrogens with zero attached hydrogens (tertiary/aromatic N) is 3. The zero-order valence-electron chi connectivity index (χ0n) is 17.6. The molecule has 162 valence electrons. The predicted molar refractivity (Wildman–Crippen MR) is 125 cm³/mol. The van der Waals surface area contributed by atoms with Gasteiger partial charge in [0.05, 0.1) is 18.7 Å². The molecule has 1 N–H and O–H groups in total. The van der Waals surface area contributed by atoms with Crippen LogP contribution in [0.1, 0.15) is 31.2 Å². The first-order chi connectivity index (χ1) is 15.3. The second-order valence-corrected chi connectivity index (χ2v) is 8.61. The first-order valence-electron chi connectivity index (χ1n) is 10.9. The second-order valence-electron chi connectivity index (χ2n) is 7.75. The number of likely N-dealkylation sites (tertiary alicyclic amines) is 1. The Balaban J connectivity index is 1.23. The minimum Gasteiger partial charge on any atom is -0.494 e. The Hall–Kier alpha value is -2.77. The molecule has 1 aromatic carbocycles. The standard InChI is InChI=1S/C24H28N4O2S/c29-23(27-24-26-22(18-31-24)20-8-10-25-11-9-20)17-19-6-4-7-21(16-19)30-15-5-14-28-12-2-1-3-13-28/h4,6-11,16,18H,1-3,5,12-15,17H2,(H,26,27,29). The summed E-state index contributed by atoms with van der Waals surface area (Å²) in [5, 5.41) is 5.43. The molecule has 0 aliphatic carbocycles. The van der Waals surface area contributed by atoms with E-state index in [4.69, 9.17) is 4.74 Å². The van der Waals surface area contributed by atoms with Gasteiger partial charge in [0.15, 0.2) is 5.13 Å². The largest absolute Gasteiger partial charge is 0.494 e. The lowest BCUT2D eigenvalue weighted by Gasteiger charge is -2.26. The van der Waals surface area contributed by atoms with Gasteiger partial charge < -0.3 is 15.0 Å². The van der Waals surface area contributed by atoms with Gasteiger partial charge in [-0.15, -0.1) is 11.3 Å². The van der Waals surface area contributed by atoms with Gasteiger partial charge in [-0.25, -0.2) is 4.98 Å². The predicted octanol–water partition coefficient (Wildman–Crippen LogP) is 4.64. The van der Waals surface area contributed by atoms with E-state index in [1.54, 1.807) is 12.4 Å². The Morgan fingerprint density at radius 1 is 1.13 bits per heavy atom. The molecular weight excluding hydrogens is 408 g/mol. The number of hydrogen-bond acceptors (Lipinski definition) is 6. The van der Waals surface area contributed by atoms with Gasteiger partial charge in [-0.3, -0.25) is 9.78 Å². The van der Waals surface area contributed by atoms with Crippen LogP contribution >= 0.6 is 11.3 Å². The third-order valence-electron chi connectivity index (χ3n) is 5.33. The van der Waals surface area contributed by atoms with Crippen LogP contribution in [-0.2, 0) is 11.2 Å². The van der Waals surface area contributed by atoms with E-state index < -0.39 is 0 Å². The van der Waals surface area contributed by atoms with Crippen LogP contribution in [0.2, 0.25) is 0 Å². The molecule has 0 radical (unpaired) electrons. The topological polar surface area (TPSA) is 67.3 Å². The molecule has 1 saturated heterocycles. The van der Waals surface area contributed by atoms with Crippen LogP contribution in [0.5, 0.6) is 5.75 Å². The van der Waals surface area contributed by atoms with E-state index in [0.717, 1.165) is 35.5 Å². The number of piperidine rings is 1. The Morgan fingerprint density at radius 3 is 2.81 bits per heavy atom. The fourth-order valence-corrected chi connectivity index (χ4v) is 4.48. The Labute approximate surface area is 187 Å². The summed E-state index contributed by atoms with van der Waals surface area (Å²) in [5.74, 6) is 0.732. The number of nitrogens with one attached hydrogen (secondary N) is 1. The summed E-state index contributed by atoms with van der Waals surface area (Å²) >= 11 is 1.42. The Kier molecular flexibility index (Phi) is 7.63. The number of carbonyl (C=O) groups excluding carboxylic acids is 1.